The Bertz CT molecular complexity index is 457. The molecule has 1 aliphatic heterocycles. The molecular formula is C17H29N3S. The Balaban J connectivity index is 1.67. The molecule has 0 spiro atoms. The van der Waals surface area contributed by atoms with E-state index in [9.17, 15) is 0 Å². The smallest absolute Gasteiger partial charge is 0.185 e. The molecule has 3 nitrogen and oxygen atoms in total. The third kappa shape index (κ3) is 3.98. The highest BCUT2D eigenvalue weighted by Gasteiger charge is 2.30. The summed E-state index contributed by atoms with van der Waals surface area (Å²) in [5, 5.41) is 4.88. The van der Waals surface area contributed by atoms with Crippen LogP contribution in [0.2, 0.25) is 0 Å². The maximum atomic E-state index is 5.02. The van der Waals surface area contributed by atoms with Gasteiger partial charge in [0.15, 0.2) is 5.13 Å². The minimum absolute atomic E-state index is 0.713. The van der Waals surface area contributed by atoms with E-state index in [2.05, 4.69) is 31.0 Å². The van der Waals surface area contributed by atoms with Gasteiger partial charge in [-0.3, -0.25) is 0 Å². The van der Waals surface area contributed by atoms with E-state index in [0.29, 0.717) is 5.92 Å². The molecule has 4 heteroatoms. The molecule has 1 aromatic rings. The fraction of sp³-hybridized carbons (Fsp3) is 0.824. The van der Waals surface area contributed by atoms with Gasteiger partial charge >= 0.3 is 0 Å². The van der Waals surface area contributed by atoms with E-state index in [1.54, 1.807) is 0 Å². The van der Waals surface area contributed by atoms with Crippen LogP contribution < -0.4 is 10.2 Å². The lowest BCUT2D eigenvalue weighted by Gasteiger charge is -2.29. The number of rotatable bonds is 6. The summed E-state index contributed by atoms with van der Waals surface area (Å²) in [4.78, 5) is 9.03. The first-order valence-electron chi connectivity index (χ1n) is 8.58. The standard InChI is InChI=1S/C17H29N3S/c1-12(2)10-18-11-15-16(14-4-5-14)19-17(21-15)20-8-6-13(3)7-9-20/h12-14,18H,4-11H2,1-3H3. The minimum Gasteiger partial charge on any atom is -0.348 e. The van der Waals surface area contributed by atoms with Gasteiger partial charge in [0.2, 0.25) is 0 Å². The molecule has 0 bridgehead atoms. The Hall–Kier alpha value is -0.610. The van der Waals surface area contributed by atoms with Crippen LogP contribution in [-0.4, -0.2) is 24.6 Å². The lowest BCUT2D eigenvalue weighted by molar-refractivity contribution is 0.438. The van der Waals surface area contributed by atoms with Crippen molar-refractivity contribution in [3.8, 4) is 0 Å². The summed E-state index contributed by atoms with van der Waals surface area (Å²) in [5.41, 5.74) is 1.41. The van der Waals surface area contributed by atoms with Crippen molar-refractivity contribution in [2.45, 2.75) is 58.9 Å². The average Bonchev–Trinajstić information content (AvgIpc) is 3.21. The molecule has 0 aromatic carbocycles. The van der Waals surface area contributed by atoms with Crippen molar-refractivity contribution < 1.29 is 0 Å². The van der Waals surface area contributed by atoms with Gasteiger partial charge in [-0.15, -0.1) is 11.3 Å². The number of aromatic nitrogens is 1. The van der Waals surface area contributed by atoms with Gasteiger partial charge in [0, 0.05) is 30.4 Å². The van der Waals surface area contributed by atoms with Crippen LogP contribution in [0.5, 0.6) is 0 Å². The van der Waals surface area contributed by atoms with Crippen LogP contribution in [0.3, 0.4) is 0 Å². The van der Waals surface area contributed by atoms with Gasteiger partial charge in [0.05, 0.1) is 5.69 Å². The number of nitrogens with zero attached hydrogens (tertiary/aromatic N) is 2. The van der Waals surface area contributed by atoms with E-state index in [1.807, 2.05) is 11.3 Å². The van der Waals surface area contributed by atoms with E-state index in [-0.39, 0.29) is 0 Å². The first-order chi connectivity index (χ1) is 10.1. The quantitative estimate of drug-likeness (QED) is 0.861. The van der Waals surface area contributed by atoms with Crippen molar-refractivity contribution in [3.63, 3.8) is 0 Å². The van der Waals surface area contributed by atoms with Crippen LogP contribution >= 0.6 is 11.3 Å². The maximum absolute atomic E-state index is 5.02. The molecule has 2 heterocycles. The predicted molar refractivity (Wildman–Crippen MR) is 91.2 cm³/mol. The first-order valence-corrected chi connectivity index (χ1v) is 9.40. The maximum Gasteiger partial charge on any atom is 0.185 e. The molecule has 21 heavy (non-hydrogen) atoms. The van der Waals surface area contributed by atoms with E-state index in [0.717, 1.165) is 24.9 Å². The highest BCUT2D eigenvalue weighted by atomic mass is 32.1. The summed E-state index contributed by atoms with van der Waals surface area (Å²) in [7, 11) is 0. The van der Waals surface area contributed by atoms with E-state index < -0.39 is 0 Å². The zero-order valence-electron chi connectivity index (χ0n) is 13.7. The highest BCUT2D eigenvalue weighted by molar-refractivity contribution is 7.15. The normalized spacial score (nSPS) is 20.5. The van der Waals surface area contributed by atoms with Crippen LogP contribution in [0.1, 0.15) is 62.9 Å². The average molecular weight is 308 g/mol. The van der Waals surface area contributed by atoms with Crippen molar-refractivity contribution in [1.82, 2.24) is 10.3 Å². The van der Waals surface area contributed by atoms with Crippen LogP contribution in [0.15, 0.2) is 0 Å². The lowest BCUT2D eigenvalue weighted by Crippen LogP contribution is -2.32. The topological polar surface area (TPSA) is 28.2 Å². The summed E-state index contributed by atoms with van der Waals surface area (Å²) >= 11 is 1.94. The molecule has 0 radical (unpaired) electrons. The molecule has 1 saturated heterocycles. The van der Waals surface area contributed by atoms with Crippen LogP contribution in [0, 0.1) is 11.8 Å². The Labute approximate surface area is 133 Å². The number of hydrogen-bond donors (Lipinski definition) is 1. The van der Waals surface area contributed by atoms with Crippen molar-refractivity contribution in [2.24, 2.45) is 11.8 Å². The Morgan fingerprint density at radius 3 is 2.57 bits per heavy atom. The zero-order valence-corrected chi connectivity index (χ0v) is 14.5. The summed E-state index contributed by atoms with van der Waals surface area (Å²) in [5.74, 6) is 2.36. The fourth-order valence-electron chi connectivity index (χ4n) is 2.96. The largest absolute Gasteiger partial charge is 0.348 e. The van der Waals surface area contributed by atoms with Gasteiger partial charge in [-0.05, 0) is 44.1 Å². The zero-order chi connectivity index (χ0) is 14.8. The van der Waals surface area contributed by atoms with Gasteiger partial charge in [0.1, 0.15) is 0 Å². The number of anilines is 1. The number of hydrogen-bond acceptors (Lipinski definition) is 4. The third-order valence-electron chi connectivity index (χ3n) is 4.57. The molecular weight excluding hydrogens is 278 g/mol. The van der Waals surface area contributed by atoms with E-state index in [4.69, 9.17) is 4.98 Å². The van der Waals surface area contributed by atoms with Gasteiger partial charge in [-0.2, -0.15) is 0 Å². The number of thiazole rings is 1. The Kier molecular flexibility index (Phi) is 4.85. The summed E-state index contributed by atoms with van der Waals surface area (Å²) in [6, 6.07) is 0. The first kappa shape index (κ1) is 15.3. The van der Waals surface area contributed by atoms with Crippen LogP contribution in [0.4, 0.5) is 5.13 Å². The van der Waals surface area contributed by atoms with Crippen LogP contribution in [-0.2, 0) is 6.54 Å². The van der Waals surface area contributed by atoms with Gasteiger partial charge in [-0.1, -0.05) is 20.8 Å². The molecule has 0 atom stereocenters. The minimum atomic E-state index is 0.713. The van der Waals surface area contributed by atoms with Crippen LogP contribution in [0.25, 0.3) is 0 Å². The Morgan fingerprint density at radius 1 is 1.24 bits per heavy atom. The Morgan fingerprint density at radius 2 is 1.95 bits per heavy atom. The molecule has 0 amide bonds. The van der Waals surface area contributed by atoms with E-state index in [1.165, 1.54) is 54.5 Å². The molecule has 0 unspecified atom stereocenters. The molecule has 3 rings (SSSR count). The van der Waals surface area contributed by atoms with Crippen molar-refractivity contribution in [1.29, 1.82) is 0 Å². The summed E-state index contributed by atoms with van der Waals surface area (Å²) in [6.45, 7) is 11.4. The van der Waals surface area contributed by atoms with Crippen molar-refractivity contribution in [2.75, 3.05) is 24.5 Å². The third-order valence-corrected chi connectivity index (χ3v) is 5.70. The number of piperidine rings is 1. The second-order valence-electron chi connectivity index (χ2n) is 7.27. The monoisotopic (exact) mass is 307 g/mol. The lowest BCUT2D eigenvalue weighted by atomic mass is 10.00. The molecule has 1 saturated carbocycles. The van der Waals surface area contributed by atoms with Crippen molar-refractivity contribution in [3.05, 3.63) is 10.6 Å². The van der Waals surface area contributed by atoms with Gasteiger partial charge < -0.3 is 10.2 Å². The summed E-state index contributed by atoms with van der Waals surface area (Å²) in [6.07, 6.45) is 5.33. The molecule has 118 valence electrons. The van der Waals surface area contributed by atoms with Gasteiger partial charge in [-0.25, -0.2) is 4.98 Å². The summed E-state index contributed by atoms with van der Waals surface area (Å²) < 4.78 is 0. The highest BCUT2D eigenvalue weighted by Crippen LogP contribution is 2.44. The second-order valence-corrected chi connectivity index (χ2v) is 8.34. The SMILES string of the molecule is CC(C)CNCc1sc(N2CCC(C)CC2)nc1C1CC1. The molecule has 2 fully saturated rings. The fourth-order valence-corrected chi connectivity index (χ4v) is 4.13. The molecule has 1 N–H and O–H groups in total. The molecule has 1 aliphatic carbocycles. The van der Waals surface area contributed by atoms with E-state index >= 15 is 0 Å². The molecule has 2 aliphatic rings. The second kappa shape index (κ2) is 6.66. The number of nitrogens with one attached hydrogen (secondary N) is 1. The molecule has 1 aromatic heterocycles. The predicted octanol–water partition coefficient (Wildman–Crippen LogP) is 4.00. The van der Waals surface area contributed by atoms with Gasteiger partial charge in [0.25, 0.3) is 0 Å². The van der Waals surface area contributed by atoms with Crippen molar-refractivity contribution >= 4 is 16.5 Å².